The van der Waals surface area contributed by atoms with Gasteiger partial charge in [-0.05, 0) is 30.5 Å². The molecule has 5 heteroatoms. The first-order valence-electron chi connectivity index (χ1n) is 6.14. The lowest BCUT2D eigenvalue weighted by Crippen LogP contribution is -2.08. The van der Waals surface area contributed by atoms with Crippen LogP contribution in [-0.4, -0.2) is 15.0 Å². The number of nitrogens with zero attached hydrogens (tertiary/aromatic N) is 3. The highest BCUT2D eigenvalue weighted by Gasteiger charge is 2.30. The Morgan fingerprint density at radius 3 is 2.61 bits per heavy atom. The molecule has 0 bridgehead atoms. The third-order valence-electron chi connectivity index (χ3n) is 3.25. The van der Waals surface area contributed by atoms with Crippen LogP contribution < -0.4 is 5.73 Å². The molecule has 18 heavy (non-hydrogen) atoms. The molecule has 0 radical (unpaired) electrons. The number of hydrogen-bond acceptors (Lipinski definition) is 3. The maximum absolute atomic E-state index is 12.9. The van der Waals surface area contributed by atoms with E-state index in [0.29, 0.717) is 19.0 Å². The van der Waals surface area contributed by atoms with Crippen LogP contribution in [0.4, 0.5) is 4.39 Å². The maximum Gasteiger partial charge on any atom is 0.123 e. The molecule has 1 heterocycles. The van der Waals surface area contributed by atoms with Crippen molar-refractivity contribution in [1.82, 2.24) is 15.0 Å². The highest BCUT2D eigenvalue weighted by Crippen LogP contribution is 2.41. The normalized spacial score (nSPS) is 15.0. The lowest BCUT2D eigenvalue weighted by Gasteiger charge is -2.06. The van der Waals surface area contributed by atoms with Gasteiger partial charge in [-0.25, -0.2) is 9.07 Å². The Morgan fingerprint density at radius 1 is 1.28 bits per heavy atom. The number of halogens is 1. The first-order valence-corrected chi connectivity index (χ1v) is 6.14. The molecule has 1 fully saturated rings. The van der Waals surface area contributed by atoms with E-state index in [9.17, 15) is 4.39 Å². The molecule has 1 aromatic heterocycles. The summed E-state index contributed by atoms with van der Waals surface area (Å²) in [6.07, 6.45) is 2.37. The van der Waals surface area contributed by atoms with Crippen LogP contribution in [0.15, 0.2) is 24.3 Å². The molecular weight excluding hydrogens is 231 g/mol. The van der Waals surface area contributed by atoms with Gasteiger partial charge in [0.25, 0.3) is 0 Å². The van der Waals surface area contributed by atoms with Gasteiger partial charge in [0.05, 0.1) is 17.9 Å². The Kier molecular flexibility index (Phi) is 2.83. The van der Waals surface area contributed by atoms with Crippen LogP contribution in [0.3, 0.4) is 0 Å². The van der Waals surface area contributed by atoms with Crippen molar-refractivity contribution in [3.05, 3.63) is 47.0 Å². The van der Waals surface area contributed by atoms with E-state index in [0.717, 1.165) is 17.0 Å². The molecule has 1 aliphatic carbocycles. The van der Waals surface area contributed by atoms with Gasteiger partial charge in [0.2, 0.25) is 0 Å². The van der Waals surface area contributed by atoms with Crippen molar-refractivity contribution in [2.24, 2.45) is 5.73 Å². The first kappa shape index (κ1) is 11.3. The van der Waals surface area contributed by atoms with Gasteiger partial charge in [-0.15, -0.1) is 5.10 Å². The number of benzene rings is 1. The van der Waals surface area contributed by atoms with Crippen LogP contribution in [0.1, 0.15) is 35.7 Å². The van der Waals surface area contributed by atoms with E-state index in [1.807, 2.05) is 4.68 Å². The summed E-state index contributed by atoms with van der Waals surface area (Å²) in [6.45, 7) is 1.05. The van der Waals surface area contributed by atoms with Crippen molar-refractivity contribution in [3.63, 3.8) is 0 Å². The molecule has 1 aromatic carbocycles. The van der Waals surface area contributed by atoms with E-state index in [1.165, 1.54) is 25.0 Å². The van der Waals surface area contributed by atoms with Crippen LogP contribution in [0.5, 0.6) is 0 Å². The van der Waals surface area contributed by atoms with Gasteiger partial charge < -0.3 is 5.73 Å². The molecule has 0 atom stereocenters. The van der Waals surface area contributed by atoms with E-state index >= 15 is 0 Å². The first-order chi connectivity index (χ1) is 8.78. The summed E-state index contributed by atoms with van der Waals surface area (Å²) in [5.41, 5.74) is 8.74. The smallest absolute Gasteiger partial charge is 0.123 e. The van der Waals surface area contributed by atoms with Crippen LogP contribution in [0.2, 0.25) is 0 Å². The van der Waals surface area contributed by atoms with Gasteiger partial charge in [-0.1, -0.05) is 17.3 Å². The fourth-order valence-corrected chi connectivity index (χ4v) is 2.18. The van der Waals surface area contributed by atoms with Crippen molar-refractivity contribution >= 4 is 0 Å². The van der Waals surface area contributed by atoms with Gasteiger partial charge in [-0.2, -0.15) is 0 Å². The lowest BCUT2D eigenvalue weighted by molar-refractivity contribution is 0.610. The largest absolute Gasteiger partial charge is 0.325 e. The third kappa shape index (κ3) is 2.13. The highest BCUT2D eigenvalue weighted by molar-refractivity contribution is 5.23. The molecule has 0 unspecified atom stereocenters. The summed E-state index contributed by atoms with van der Waals surface area (Å²) >= 11 is 0. The lowest BCUT2D eigenvalue weighted by atomic mass is 10.2. The predicted molar refractivity (Wildman–Crippen MR) is 65.4 cm³/mol. The Hall–Kier alpha value is -1.75. The summed E-state index contributed by atoms with van der Waals surface area (Å²) in [5, 5.41) is 8.28. The van der Waals surface area contributed by atoms with E-state index in [2.05, 4.69) is 10.3 Å². The van der Waals surface area contributed by atoms with E-state index in [1.54, 1.807) is 12.1 Å². The molecule has 0 spiro atoms. The molecular formula is C13H15FN4. The minimum Gasteiger partial charge on any atom is -0.325 e. The molecule has 3 rings (SSSR count). The van der Waals surface area contributed by atoms with Crippen LogP contribution >= 0.6 is 0 Å². The maximum atomic E-state index is 12.9. The fourth-order valence-electron chi connectivity index (χ4n) is 2.18. The molecule has 0 aliphatic heterocycles. The minimum atomic E-state index is -0.220. The summed E-state index contributed by atoms with van der Waals surface area (Å²) in [7, 11) is 0. The fraction of sp³-hybridized carbons (Fsp3) is 0.385. The number of hydrogen-bond donors (Lipinski definition) is 1. The summed E-state index contributed by atoms with van der Waals surface area (Å²) < 4.78 is 14.7. The van der Waals surface area contributed by atoms with Crippen LogP contribution in [0.25, 0.3) is 0 Å². The SMILES string of the molecule is NCc1nnn(Cc2ccc(F)cc2)c1C1CC1. The standard InChI is InChI=1S/C13H15FN4/c14-11-5-1-9(2-6-11)8-18-13(10-3-4-10)12(7-15)16-17-18/h1-2,5-6,10H,3-4,7-8,15H2. The van der Waals surface area contributed by atoms with Crippen molar-refractivity contribution in [3.8, 4) is 0 Å². The zero-order valence-corrected chi connectivity index (χ0v) is 10.0. The Morgan fingerprint density at radius 2 is 2.00 bits per heavy atom. The van der Waals surface area contributed by atoms with Gasteiger partial charge in [0.1, 0.15) is 5.82 Å². The second kappa shape index (κ2) is 4.49. The van der Waals surface area contributed by atoms with E-state index in [4.69, 9.17) is 5.73 Å². The van der Waals surface area contributed by atoms with Gasteiger partial charge in [-0.3, -0.25) is 0 Å². The molecule has 2 N–H and O–H groups in total. The summed E-state index contributed by atoms with van der Waals surface area (Å²) in [5.74, 6) is 0.335. The Bertz CT molecular complexity index is 543. The van der Waals surface area contributed by atoms with E-state index in [-0.39, 0.29) is 5.82 Å². The molecule has 94 valence electrons. The highest BCUT2D eigenvalue weighted by atomic mass is 19.1. The van der Waals surface area contributed by atoms with Crippen LogP contribution in [-0.2, 0) is 13.1 Å². The number of rotatable bonds is 4. The molecule has 2 aromatic rings. The molecule has 0 amide bonds. The quantitative estimate of drug-likeness (QED) is 0.895. The van der Waals surface area contributed by atoms with E-state index < -0.39 is 0 Å². The molecule has 1 saturated carbocycles. The van der Waals surface area contributed by atoms with Crippen molar-refractivity contribution in [1.29, 1.82) is 0 Å². The Balaban J connectivity index is 1.88. The van der Waals surface area contributed by atoms with Crippen molar-refractivity contribution < 1.29 is 4.39 Å². The van der Waals surface area contributed by atoms with Gasteiger partial charge in [0.15, 0.2) is 0 Å². The van der Waals surface area contributed by atoms with Gasteiger partial charge >= 0.3 is 0 Å². The average Bonchev–Trinajstić information content (AvgIpc) is 3.14. The summed E-state index contributed by atoms with van der Waals surface area (Å²) in [6, 6.07) is 6.48. The monoisotopic (exact) mass is 246 g/mol. The predicted octanol–water partition coefficient (Wildman–Crippen LogP) is 1.80. The second-order valence-corrected chi connectivity index (χ2v) is 4.68. The zero-order chi connectivity index (χ0) is 12.5. The topological polar surface area (TPSA) is 56.7 Å². The Labute approximate surface area is 105 Å². The minimum absolute atomic E-state index is 0.220. The average molecular weight is 246 g/mol. The second-order valence-electron chi connectivity index (χ2n) is 4.68. The third-order valence-corrected chi connectivity index (χ3v) is 3.25. The zero-order valence-electron chi connectivity index (χ0n) is 10.0. The molecule has 1 aliphatic rings. The van der Waals surface area contributed by atoms with Crippen molar-refractivity contribution in [2.75, 3.05) is 0 Å². The molecule has 0 saturated heterocycles. The number of aromatic nitrogens is 3. The number of nitrogens with two attached hydrogens (primary N) is 1. The summed E-state index contributed by atoms with van der Waals surface area (Å²) in [4.78, 5) is 0. The van der Waals surface area contributed by atoms with Crippen LogP contribution in [0, 0.1) is 5.82 Å². The van der Waals surface area contributed by atoms with Gasteiger partial charge in [0, 0.05) is 12.5 Å². The molecule has 4 nitrogen and oxygen atoms in total. The van der Waals surface area contributed by atoms with Crippen molar-refractivity contribution in [2.45, 2.75) is 31.8 Å².